The van der Waals surface area contributed by atoms with E-state index in [-0.39, 0.29) is 11.3 Å². The molecule has 0 bridgehead atoms. The molecule has 7 nitrogen and oxygen atoms in total. The van der Waals surface area contributed by atoms with E-state index in [0.717, 1.165) is 7.11 Å². The third-order valence-electron chi connectivity index (χ3n) is 2.31. The first-order valence-electron chi connectivity index (χ1n) is 5.33. The highest BCUT2D eigenvalue weighted by molar-refractivity contribution is 5.97. The molecular weight excluding hydrogens is 254 g/mol. The Balaban J connectivity index is 2.77. The van der Waals surface area contributed by atoms with Crippen LogP contribution in [0.15, 0.2) is 24.3 Å². The normalized spacial score (nSPS) is 11.4. The first-order chi connectivity index (χ1) is 8.93. The number of amides is 1. The number of aliphatic carboxylic acids is 1. The summed E-state index contributed by atoms with van der Waals surface area (Å²) in [5, 5.41) is 20.3. The van der Waals surface area contributed by atoms with Gasteiger partial charge in [-0.15, -0.1) is 0 Å². The van der Waals surface area contributed by atoms with Crippen molar-refractivity contribution in [3.63, 3.8) is 0 Å². The fraction of sp³-hybridized carbons (Fsp3) is 0.250. The molecule has 0 heterocycles. The summed E-state index contributed by atoms with van der Waals surface area (Å²) < 4.78 is 4.34. The van der Waals surface area contributed by atoms with Crippen LogP contribution in [0, 0.1) is 0 Å². The standard InChI is InChI=1S/C12H13NO6/c1-19-10(15)6-9(12(17)18)13-11(16)7-3-2-4-8(14)5-7/h2-5,9,14H,6H2,1H3,(H,13,16)(H,17,18)/t9-/m0/s1. The molecular formula is C12H13NO6. The topological polar surface area (TPSA) is 113 Å². The lowest BCUT2D eigenvalue weighted by Gasteiger charge is -2.13. The number of phenols is 1. The minimum absolute atomic E-state index is 0.0936. The molecule has 0 aliphatic heterocycles. The summed E-state index contributed by atoms with van der Waals surface area (Å²) in [4.78, 5) is 33.7. The number of hydrogen-bond acceptors (Lipinski definition) is 5. The van der Waals surface area contributed by atoms with Gasteiger partial charge in [0, 0.05) is 5.56 Å². The number of benzene rings is 1. The molecule has 0 fully saturated rings. The molecule has 0 aromatic heterocycles. The van der Waals surface area contributed by atoms with Crippen LogP contribution in [-0.4, -0.2) is 41.2 Å². The van der Waals surface area contributed by atoms with E-state index in [9.17, 15) is 19.5 Å². The zero-order valence-electron chi connectivity index (χ0n) is 10.1. The average molecular weight is 267 g/mol. The van der Waals surface area contributed by atoms with E-state index in [2.05, 4.69) is 10.1 Å². The van der Waals surface area contributed by atoms with Crippen molar-refractivity contribution in [2.45, 2.75) is 12.5 Å². The minimum atomic E-state index is -1.39. The summed E-state index contributed by atoms with van der Waals surface area (Å²) >= 11 is 0. The largest absolute Gasteiger partial charge is 0.508 e. The number of ether oxygens (including phenoxy) is 1. The van der Waals surface area contributed by atoms with Crippen LogP contribution >= 0.6 is 0 Å². The molecule has 1 rings (SSSR count). The molecule has 7 heteroatoms. The lowest BCUT2D eigenvalue weighted by Crippen LogP contribution is -2.42. The SMILES string of the molecule is COC(=O)C[C@H](NC(=O)c1cccc(O)c1)C(=O)O. The molecule has 1 aromatic carbocycles. The maximum atomic E-state index is 11.7. The third kappa shape index (κ3) is 4.30. The number of hydrogen-bond donors (Lipinski definition) is 3. The van der Waals surface area contributed by atoms with Crippen LogP contribution in [0.5, 0.6) is 5.75 Å². The second-order valence-electron chi connectivity index (χ2n) is 3.69. The van der Waals surface area contributed by atoms with Crippen LogP contribution in [0.3, 0.4) is 0 Å². The highest BCUT2D eigenvalue weighted by atomic mass is 16.5. The number of nitrogens with one attached hydrogen (secondary N) is 1. The molecule has 0 saturated carbocycles. The zero-order valence-corrected chi connectivity index (χ0v) is 10.1. The molecule has 0 aliphatic rings. The molecule has 0 unspecified atom stereocenters. The Morgan fingerprint density at radius 2 is 2.05 bits per heavy atom. The van der Waals surface area contributed by atoms with E-state index in [1.165, 1.54) is 24.3 Å². The fourth-order valence-electron chi connectivity index (χ4n) is 1.34. The maximum Gasteiger partial charge on any atom is 0.326 e. The highest BCUT2D eigenvalue weighted by Crippen LogP contribution is 2.11. The molecule has 1 amide bonds. The minimum Gasteiger partial charge on any atom is -0.508 e. The molecule has 0 aliphatic carbocycles. The quantitative estimate of drug-likeness (QED) is 0.654. The maximum absolute atomic E-state index is 11.7. The van der Waals surface area contributed by atoms with E-state index >= 15 is 0 Å². The predicted molar refractivity (Wildman–Crippen MR) is 63.6 cm³/mol. The number of aromatic hydroxyl groups is 1. The number of carbonyl (C=O) groups is 3. The van der Waals surface area contributed by atoms with Gasteiger partial charge in [-0.05, 0) is 18.2 Å². The number of phenolic OH excluding ortho intramolecular Hbond substituents is 1. The van der Waals surface area contributed by atoms with Crippen molar-refractivity contribution in [1.82, 2.24) is 5.32 Å². The van der Waals surface area contributed by atoms with E-state index < -0.39 is 30.3 Å². The van der Waals surface area contributed by atoms with Crippen molar-refractivity contribution in [1.29, 1.82) is 0 Å². The predicted octanol–water partition coefficient (Wildman–Crippen LogP) is 0.138. The molecule has 0 spiro atoms. The van der Waals surface area contributed by atoms with E-state index in [4.69, 9.17) is 5.11 Å². The molecule has 19 heavy (non-hydrogen) atoms. The Kier molecular flexibility index (Phi) is 4.87. The van der Waals surface area contributed by atoms with Gasteiger partial charge in [0.15, 0.2) is 0 Å². The van der Waals surface area contributed by atoms with Crippen LogP contribution in [0.1, 0.15) is 16.8 Å². The number of carbonyl (C=O) groups excluding carboxylic acids is 2. The van der Waals surface area contributed by atoms with Crippen molar-refractivity contribution in [3.05, 3.63) is 29.8 Å². The molecule has 1 atom stereocenters. The summed E-state index contributed by atoms with van der Waals surface area (Å²) in [5.74, 6) is -2.91. The number of esters is 1. The van der Waals surface area contributed by atoms with E-state index in [0.29, 0.717) is 0 Å². The number of carboxylic acid groups (broad SMARTS) is 1. The van der Waals surface area contributed by atoms with Gasteiger partial charge in [0.25, 0.3) is 5.91 Å². The highest BCUT2D eigenvalue weighted by Gasteiger charge is 2.24. The summed E-state index contributed by atoms with van der Waals surface area (Å²) in [6.45, 7) is 0. The number of rotatable bonds is 5. The van der Waals surface area contributed by atoms with Crippen LogP contribution in [-0.2, 0) is 14.3 Å². The Hall–Kier alpha value is -2.57. The summed E-state index contributed by atoms with van der Waals surface area (Å²) in [7, 11) is 1.12. The van der Waals surface area contributed by atoms with E-state index in [1.54, 1.807) is 0 Å². The van der Waals surface area contributed by atoms with Gasteiger partial charge in [0.2, 0.25) is 0 Å². The monoisotopic (exact) mass is 267 g/mol. The second kappa shape index (κ2) is 6.39. The van der Waals surface area contributed by atoms with Gasteiger partial charge >= 0.3 is 11.9 Å². The summed E-state index contributed by atoms with van der Waals surface area (Å²) in [6.07, 6.45) is -0.476. The van der Waals surface area contributed by atoms with Crippen LogP contribution < -0.4 is 5.32 Å². The first-order valence-corrected chi connectivity index (χ1v) is 5.33. The van der Waals surface area contributed by atoms with Crippen LogP contribution in [0.2, 0.25) is 0 Å². The summed E-state index contributed by atoms with van der Waals surface area (Å²) in [6, 6.07) is 4.03. The fourth-order valence-corrected chi connectivity index (χ4v) is 1.34. The van der Waals surface area contributed by atoms with Gasteiger partial charge in [-0.3, -0.25) is 9.59 Å². The molecule has 0 radical (unpaired) electrons. The van der Waals surface area contributed by atoms with Crippen LogP contribution in [0.25, 0.3) is 0 Å². The Morgan fingerprint density at radius 1 is 1.37 bits per heavy atom. The lowest BCUT2D eigenvalue weighted by molar-refractivity contribution is -0.147. The van der Waals surface area contributed by atoms with Crippen molar-refractivity contribution < 1.29 is 29.3 Å². The smallest absolute Gasteiger partial charge is 0.326 e. The molecule has 1 aromatic rings. The summed E-state index contributed by atoms with van der Waals surface area (Å²) in [5.41, 5.74) is 0.0936. The van der Waals surface area contributed by atoms with Crippen molar-refractivity contribution >= 4 is 17.8 Å². The number of methoxy groups -OCH3 is 1. The van der Waals surface area contributed by atoms with Gasteiger partial charge in [-0.1, -0.05) is 6.07 Å². The van der Waals surface area contributed by atoms with Gasteiger partial charge in [-0.2, -0.15) is 0 Å². The lowest BCUT2D eigenvalue weighted by atomic mass is 10.1. The van der Waals surface area contributed by atoms with Crippen molar-refractivity contribution in [2.75, 3.05) is 7.11 Å². The molecule has 3 N–H and O–H groups in total. The van der Waals surface area contributed by atoms with Crippen molar-refractivity contribution in [3.8, 4) is 5.75 Å². The molecule has 0 saturated heterocycles. The Labute approximate surface area is 108 Å². The Morgan fingerprint density at radius 3 is 2.58 bits per heavy atom. The third-order valence-corrected chi connectivity index (χ3v) is 2.31. The second-order valence-corrected chi connectivity index (χ2v) is 3.69. The average Bonchev–Trinajstić information content (AvgIpc) is 2.37. The zero-order chi connectivity index (χ0) is 14.4. The number of carboxylic acids is 1. The van der Waals surface area contributed by atoms with Crippen LogP contribution in [0.4, 0.5) is 0 Å². The van der Waals surface area contributed by atoms with Gasteiger partial charge in [0.05, 0.1) is 13.5 Å². The first kappa shape index (κ1) is 14.5. The van der Waals surface area contributed by atoms with Crippen molar-refractivity contribution in [2.24, 2.45) is 0 Å². The molecule has 102 valence electrons. The van der Waals surface area contributed by atoms with Gasteiger partial charge in [-0.25, -0.2) is 4.79 Å². The van der Waals surface area contributed by atoms with Gasteiger partial charge in [0.1, 0.15) is 11.8 Å². The van der Waals surface area contributed by atoms with Gasteiger partial charge < -0.3 is 20.3 Å². The van der Waals surface area contributed by atoms with E-state index in [1.807, 2.05) is 0 Å². The Bertz CT molecular complexity index is 499.